The molecule has 4 heteroatoms. The monoisotopic (exact) mass is 227 g/mol. The third kappa shape index (κ3) is 3.76. The maximum atomic E-state index is 11.9. The predicted molar refractivity (Wildman–Crippen MR) is 66.2 cm³/mol. The molecule has 3 N–H and O–H groups in total. The zero-order valence-electron chi connectivity index (χ0n) is 10.5. The lowest BCUT2D eigenvalue weighted by atomic mass is 10.1. The van der Waals surface area contributed by atoms with Crippen molar-refractivity contribution in [2.24, 2.45) is 5.73 Å². The standard InChI is InChI=1S/C12H25N3O/c1-10(2)15(9-5-7-13)11-6-3-4-8-14-12(11)16/h10-11H,3-9,13H2,1-2H3,(H,14,16). The Balaban J connectivity index is 2.62. The first kappa shape index (κ1) is 13.5. The number of hydrogen-bond donors (Lipinski definition) is 2. The topological polar surface area (TPSA) is 58.4 Å². The summed E-state index contributed by atoms with van der Waals surface area (Å²) in [6.07, 6.45) is 4.18. The summed E-state index contributed by atoms with van der Waals surface area (Å²) < 4.78 is 0. The van der Waals surface area contributed by atoms with E-state index < -0.39 is 0 Å². The van der Waals surface area contributed by atoms with Crippen molar-refractivity contribution < 1.29 is 4.79 Å². The molecule has 94 valence electrons. The summed E-state index contributed by atoms with van der Waals surface area (Å²) in [6, 6.07) is 0.453. The molecule has 0 aromatic carbocycles. The SMILES string of the molecule is CC(C)N(CCCN)C1CCCCNC1=O. The van der Waals surface area contributed by atoms with Gasteiger partial charge in [-0.05, 0) is 46.1 Å². The second kappa shape index (κ2) is 6.86. The van der Waals surface area contributed by atoms with Crippen molar-refractivity contribution in [1.29, 1.82) is 0 Å². The lowest BCUT2D eigenvalue weighted by Gasteiger charge is -2.33. The number of nitrogens with two attached hydrogens (primary N) is 1. The van der Waals surface area contributed by atoms with E-state index >= 15 is 0 Å². The normalized spacial score (nSPS) is 22.3. The Kier molecular flexibility index (Phi) is 5.77. The summed E-state index contributed by atoms with van der Waals surface area (Å²) in [5, 5.41) is 2.99. The average molecular weight is 227 g/mol. The summed E-state index contributed by atoms with van der Waals surface area (Å²) in [5.74, 6) is 0.197. The van der Waals surface area contributed by atoms with Crippen LogP contribution in [0.2, 0.25) is 0 Å². The van der Waals surface area contributed by atoms with Crippen LogP contribution in [-0.4, -0.2) is 42.5 Å². The fourth-order valence-electron chi connectivity index (χ4n) is 2.29. The molecule has 1 amide bonds. The van der Waals surface area contributed by atoms with Crippen LogP contribution in [-0.2, 0) is 4.79 Å². The van der Waals surface area contributed by atoms with E-state index in [1.807, 2.05) is 0 Å². The van der Waals surface area contributed by atoms with E-state index in [-0.39, 0.29) is 11.9 Å². The van der Waals surface area contributed by atoms with Crippen molar-refractivity contribution in [3.63, 3.8) is 0 Å². The molecule has 0 bridgehead atoms. The van der Waals surface area contributed by atoms with Crippen LogP contribution in [0.25, 0.3) is 0 Å². The van der Waals surface area contributed by atoms with E-state index in [0.717, 1.165) is 38.8 Å². The van der Waals surface area contributed by atoms with Gasteiger partial charge in [-0.15, -0.1) is 0 Å². The van der Waals surface area contributed by atoms with Gasteiger partial charge in [-0.1, -0.05) is 0 Å². The van der Waals surface area contributed by atoms with Gasteiger partial charge in [-0.25, -0.2) is 0 Å². The molecule has 0 aliphatic carbocycles. The molecular weight excluding hydrogens is 202 g/mol. The van der Waals surface area contributed by atoms with Crippen molar-refractivity contribution >= 4 is 5.91 Å². The molecule has 16 heavy (non-hydrogen) atoms. The van der Waals surface area contributed by atoms with Gasteiger partial charge in [0, 0.05) is 19.1 Å². The number of carbonyl (C=O) groups excluding carboxylic acids is 1. The molecule has 0 aromatic heterocycles. The molecule has 1 aliphatic rings. The minimum absolute atomic E-state index is 0.0500. The zero-order chi connectivity index (χ0) is 12.0. The number of amides is 1. The van der Waals surface area contributed by atoms with Gasteiger partial charge in [0.15, 0.2) is 0 Å². The van der Waals surface area contributed by atoms with Gasteiger partial charge in [0.25, 0.3) is 0 Å². The van der Waals surface area contributed by atoms with Crippen LogP contribution in [0.3, 0.4) is 0 Å². The van der Waals surface area contributed by atoms with E-state index in [2.05, 4.69) is 24.1 Å². The molecular formula is C12H25N3O. The quantitative estimate of drug-likeness (QED) is 0.727. The largest absolute Gasteiger partial charge is 0.355 e. The highest BCUT2D eigenvalue weighted by molar-refractivity contribution is 5.81. The summed E-state index contributed by atoms with van der Waals surface area (Å²) in [4.78, 5) is 14.2. The molecule has 1 aliphatic heterocycles. The first-order valence-corrected chi connectivity index (χ1v) is 6.40. The van der Waals surface area contributed by atoms with Crippen molar-refractivity contribution in [2.45, 2.75) is 51.6 Å². The van der Waals surface area contributed by atoms with Gasteiger partial charge >= 0.3 is 0 Å². The number of nitrogens with one attached hydrogen (secondary N) is 1. The average Bonchev–Trinajstić information content (AvgIpc) is 2.44. The maximum absolute atomic E-state index is 11.9. The zero-order valence-corrected chi connectivity index (χ0v) is 10.5. The smallest absolute Gasteiger partial charge is 0.237 e. The van der Waals surface area contributed by atoms with Crippen molar-refractivity contribution in [2.75, 3.05) is 19.6 Å². The Bertz CT molecular complexity index is 218. The summed E-state index contributed by atoms with van der Waals surface area (Å²) >= 11 is 0. The first-order valence-electron chi connectivity index (χ1n) is 6.40. The lowest BCUT2D eigenvalue weighted by molar-refractivity contribution is -0.126. The van der Waals surface area contributed by atoms with E-state index in [4.69, 9.17) is 5.73 Å². The Hall–Kier alpha value is -0.610. The molecule has 1 rings (SSSR count). The van der Waals surface area contributed by atoms with Gasteiger partial charge < -0.3 is 11.1 Å². The van der Waals surface area contributed by atoms with E-state index in [9.17, 15) is 4.79 Å². The molecule has 1 atom stereocenters. The Morgan fingerprint density at radius 3 is 2.88 bits per heavy atom. The van der Waals surface area contributed by atoms with E-state index in [0.29, 0.717) is 12.6 Å². The molecule has 1 unspecified atom stereocenters. The molecule has 0 saturated carbocycles. The van der Waals surface area contributed by atoms with Crippen LogP contribution in [0.1, 0.15) is 39.5 Å². The van der Waals surface area contributed by atoms with Crippen LogP contribution < -0.4 is 11.1 Å². The number of rotatable bonds is 5. The van der Waals surface area contributed by atoms with Crippen molar-refractivity contribution in [3.05, 3.63) is 0 Å². The summed E-state index contributed by atoms with van der Waals surface area (Å²) in [5.41, 5.74) is 5.54. The second-order valence-corrected chi connectivity index (χ2v) is 4.78. The molecule has 1 saturated heterocycles. The lowest BCUT2D eigenvalue weighted by Crippen LogP contribution is -2.49. The number of carbonyl (C=O) groups is 1. The highest BCUT2D eigenvalue weighted by Gasteiger charge is 2.28. The van der Waals surface area contributed by atoms with Crippen LogP contribution in [0.4, 0.5) is 0 Å². The Morgan fingerprint density at radius 2 is 2.25 bits per heavy atom. The highest BCUT2D eigenvalue weighted by atomic mass is 16.2. The third-order valence-corrected chi connectivity index (χ3v) is 3.19. The Morgan fingerprint density at radius 1 is 1.50 bits per heavy atom. The van der Waals surface area contributed by atoms with Crippen LogP contribution in [0, 0.1) is 0 Å². The van der Waals surface area contributed by atoms with Crippen molar-refractivity contribution in [1.82, 2.24) is 10.2 Å². The first-order chi connectivity index (χ1) is 7.66. The van der Waals surface area contributed by atoms with Gasteiger partial charge in [0.05, 0.1) is 6.04 Å². The maximum Gasteiger partial charge on any atom is 0.237 e. The summed E-state index contributed by atoms with van der Waals surface area (Å²) in [7, 11) is 0. The molecule has 1 heterocycles. The highest BCUT2D eigenvalue weighted by Crippen LogP contribution is 2.15. The minimum atomic E-state index is 0.0500. The number of nitrogens with zero attached hydrogens (tertiary/aromatic N) is 1. The molecule has 0 aromatic rings. The third-order valence-electron chi connectivity index (χ3n) is 3.19. The number of hydrogen-bond acceptors (Lipinski definition) is 3. The molecule has 1 fully saturated rings. The van der Waals surface area contributed by atoms with E-state index in [1.165, 1.54) is 0 Å². The second-order valence-electron chi connectivity index (χ2n) is 4.78. The van der Waals surface area contributed by atoms with Crippen LogP contribution in [0.5, 0.6) is 0 Å². The molecule has 4 nitrogen and oxygen atoms in total. The van der Waals surface area contributed by atoms with Gasteiger partial charge in [-0.2, -0.15) is 0 Å². The van der Waals surface area contributed by atoms with E-state index in [1.54, 1.807) is 0 Å². The van der Waals surface area contributed by atoms with Crippen LogP contribution >= 0.6 is 0 Å². The van der Waals surface area contributed by atoms with Gasteiger partial charge in [-0.3, -0.25) is 9.69 Å². The van der Waals surface area contributed by atoms with Gasteiger partial charge in [0.2, 0.25) is 5.91 Å². The Labute approximate surface area is 98.6 Å². The summed E-state index contributed by atoms with van der Waals surface area (Å²) in [6.45, 7) is 6.74. The molecule has 0 spiro atoms. The predicted octanol–water partition coefficient (Wildman–Crippen LogP) is 0.714. The molecule has 0 radical (unpaired) electrons. The van der Waals surface area contributed by atoms with Crippen molar-refractivity contribution in [3.8, 4) is 0 Å². The van der Waals surface area contributed by atoms with Crippen LogP contribution in [0.15, 0.2) is 0 Å². The fourth-order valence-corrected chi connectivity index (χ4v) is 2.29. The minimum Gasteiger partial charge on any atom is -0.355 e. The van der Waals surface area contributed by atoms with Gasteiger partial charge in [0.1, 0.15) is 0 Å². The fraction of sp³-hybridized carbons (Fsp3) is 0.917.